The van der Waals surface area contributed by atoms with Gasteiger partial charge in [0.2, 0.25) is 0 Å². The van der Waals surface area contributed by atoms with Crippen LogP contribution in [-0.4, -0.2) is 51.7 Å². The summed E-state index contributed by atoms with van der Waals surface area (Å²) in [6.07, 6.45) is 26.7. The zero-order valence-electron chi connectivity index (χ0n) is 42.8. The first-order chi connectivity index (χ1) is 33.5. The summed E-state index contributed by atoms with van der Waals surface area (Å²) >= 11 is -5.09. The maximum absolute atomic E-state index is 4.85. The summed E-state index contributed by atoms with van der Waals surface area (Å²) < 4.78 is 12.2. The Labute approximate surface area is 422 Å². The Morgan fingerprint density at radius 1 is 0.397 bits per heavy atom. The molecule has 5 heteroatoms. The Morgan fingerprint density at radius 3 is 1.26 bits per heavy atom. The van der Waals surface area contributed by atoms with E-state index < -0.39 is 36.8 Å². The van der Waals surface area contributed by atoms with Gasteiger partial charge in [-0.3, -0.25) is 0 Å². The standard InChI is InChI=1S/2C13H10N.C13H9N.6C4H9.2Sn/c3*1-2-6-12(7-3-1)9-10-13-8-4-5-11-14-13;6*1-3-4-2;;/h1-8,10-11H;1-9,11H;1-8,11H;6*1,3-4H2,2H3;;. The summed E-state index contributed by atoms with van der Waals surface area (Å²) in [7, 11) is 0. The van der Waals surface area contributed by atoms with E-state index in [4.69, 9.17) is 4.98 Å². The molecule has 68 heavy (non-hydrogen) atoms. The first kappa shape index (κ1) is 56.3. The summed E-state index contributed by atoms with van der Waals surface area (Å²) in [6, 6.07) is 50.5. The van der Waals surface area contributed by atoms with Crippen LogP contribution in [-0.2, 0) is 0 Å². The summed E-state index contributed by atoms with van der Waals surface area (Å²) in [5.74, 6) is 6.05. The van der Waals surface area contributed by atoms with Crippen LogP contribution in [0.5, 0.6) is 0 Å². The number of hydrogen-bond acceptors (Lipinski definition) is 3. The molecule has 0 amide bonds. The molecule has 3 nitrogen and oxygen atoms in total. The monoisotopic (exact) mass is 1120 g/mol. The van der Waals surface area contributed by atoms with Gasteiger partial charge in [0, 0.05) is 11.8 Å². The molecular formula is C63H83N3Sn2. The van der Waals surface area contributed by atoms with Crippen molar-refractivity contribution in [2.75, 3.05) is 0 Å². The van der Waals surface area contributed by atoms with E-state index in [9.17, 15) is 0 Å². The van der Waals surface area contributed by atoms with Crippen LogP contribution in [0.1, 0.15) is 152 Å². The number of benzene rings is 3. The van der Waals surface area contributed by atoms with Gasteiger partial charge >= 0.3 is 343 Å². The second kappa shape index (κ2) is 34.1. The van der Waals surface area contributed by atoms with Crippen LogP contribution < -0.4 is 0 Å². The van der Waals surface area contributed by atoms with Crippen molar-refractivity contribution < 1.29 is 0 Å². The maximum atomic E-state index is 4.85. The van der Waals surface area contributed by atoms with Gasteiger partial charge in [-0.1, -0.05) is 30.2 Å². The van der Waals surface area contributed by atoms with Gasteiger partial charge in [0.25, 0.3) is 0 Å². The van der Waals surface area contributed by atoms with Crippen molar-refractivity contribution >= 4 is 56.1 Å². The molecule has 358 valence electrons. The third-order valence-corrected chi connectivity index (χ3v) is 44.4. The molecule has 0 aliphatic heterocycles. The van der Waals surface area contributed by atoms with Crippen LogP contribution in [0, 0.1) is 11.8 Å². The van der Waals surface area contributed by atoms with Crippen molar-refractivity contribution in [3.63, 3.8) is 0 Å². The quantitative estimate of drug-likeness (QED) is 0.0448. The van der Waals surface area contributed by atoms with E-state index in [2.05, 4.69) is 160 Å². The first-order valence-corrected chi connectivity index (χ1v) is 41.3. The number of unbranched alkanes of at least 4 members (excludes halogenated alkanes) is 6. The Hall–Kier alpha value is -4.25. The minimum atomic E-state index is -2.56. The van der Waals surface area contributed by atoms with Crippen LogP contribution >= 0.6 is 0 Å². The fraction of sp³-hybridized carbons (Fsp3) is 0.381. The van der Waals surface area contributed by atoms with Crippen LogP contribution in [0.2, 0.25) is 26.6 Å². The van der Waals surface area contributed by atoms with Gasteiger partial charge in [0.05, 0.1) is 0 Å². The van der Waals surface area contributed by atoms with Gasteiger partial charge < -0.3 is 0 Å². The fourth-order valence-corrected chi connectivity index (χ4v) is 42.6. The molecule has 0 radical (unpaired) electrons. The predicted octanol–water partition coefficient (Wildman–Crippen LogP) is 18.5. The van der Waals surface area contributed by atoms with Crippen LogP contribution in [0.4, 0.5) is 0 Å². The Balaban J connectivity index is 0.000000233. The predicted molar refractivity (Wildman–Crippen MR) is 304 cm³/mol. The molecule has 6 aromatic rings. The van der Waals surface area contributed by atoms with E-state index in [1.165, 1.54) is 120 Å². The number of hydrogen-bond donors (Lipinski definition) is 0. The van der Waals surface area contributed by atoms with Gasteiger partial charge in [-0.15, -0.1) is 0 Å². The molecule has 0 unspecified atom stereocenters. The fourth-order valence-electron chi connectivity index (χ4n) is 9.25. The van der Waals surface area contributed by atoms with Gasteiger partial charge in [-0.05, 0) is 30.2 Å². The van der Waals surface area contributed by atoms with E-state index in [1.54, 1.807) is 13.4 Å². The van der Waals surface area contributed by atoms with Crippen LogP contribution in [0.25, 0.3) is 19.3 Å². The molecule has 6 rings (SSSR count). The zero-order chi connectivity index (χ0) is 48.4. The molecule has 3 aromatic heterocycles. The van der Waals surface area contributed by atoms with Crippen molar-refractivity contribution in [1.82, 2.24) is 15.0 Å². The molecular weight excluding hydrogens is 1040 g/mol. The second-order valence-corrected chi connectivity index (χ2v) is 44.6. The third-order valence-electron chi connectivity index (χ3n) is 13.1. The van der Waals surface area contributed by atoms with E-state index in [1.807, 2.05) is 73.1 Å². The molecule has 0 N–H and O–H groups in total. The molecule has 3 aromatic carbocycles. The Morgan fingerprint density at radius 2 is 0.824 bits per heavy atom. The minimum absolute atomic E-state index is 0.802. The molecule has 0 spiro atoms. The number of nitrogens with zero attached hydrogens (tertiary/aromatic N) is 3. The van der Waals surface area contributed by atoms with Crippen molar-refractivity contribution in [1.29, 1.82) is 0 Å². The molecule has 0 aliphatic carbocycles. The summed E-state index contributed by atoms with van der Waals surface area (Å²) in [5, 5.41) is 0. The normalized spacial score (nSPS) is 11.6. The summed E-state index contributed by atoms with van der Waals surface area (Å²) in [6.45, 7) is 14.1. The van der Waals surface area contributed by atoms with Crippen molar-refractivity contribution in [3.8, 4) is 11.8 Å². The molecule has 0 saturated heterocycles. The van der Waals surface area contributed by atoms with Gasteiger partial charge in [-0.25, -0.2) is 4.98 Å². The van der Waals surface area contributed by atoms with Crippen LogP contribution in [0.15, 0.2) is 164 Å². The average molecular weight is 1120 g/mol. The summed E-state index contributed by atoms with van der Waals surface area (Å²) in [4.78, 5) is 13.6. The van der Waals surface area contributed by atoms with Crippen molar-refractivity contribution in [3.05, 3.63) is 198 Å². The van der Waals surface area contributed by atoms with Gasteiger partial charge in [0.15, 0.2) is 0 Å². The second-order valence-electron chi connectivity index (χ2n) is 18.4. The van der Waals surface area contributed by atoms with Crippen LogP contribution in [0.3, 0.4) is 0 Å². The van der Waals surface area contributed by atoms with E-state index in [0.29, 0.717) is 0 Å². The van der Waals surface area contributed by atoms with Crippen molar-refractivity contribution in [2.45, 2.75) is 145 Å². The third kappa shape index (κ3) is 20.0. The van der Waals surface area contributed by atoms with Gasteiger partial charge in [-0.2, -0.15) is 0 Å². The topological polar surface area (TPSA) is 38.7 Å². The molecule has 0 saturated carbocycles. The molecule has 0 aliphatic rings. The molecule has 0 fully saturated rings. The number of pyridine rings is 3. The molecule has 0 bridgehead atoms. The van der Waals surface area contributed by atoms with E-state index in [-0.39, 0.29) is 0 Å². The zero-order valence-corrected chi connectivity index (χ0v) is 48.5. The SMILES string of the molecule is C(#Cc1ccccn1)c1ccccc1.CCC[CH2][Sn]([CH2]CCC)([CH2]CCC)/[C](=C/c1ccccc1)c1ccccn1.CCC[CH2][Sn]([CH2]CCC)([CH2]CCC)/[C](=C/c1ccccn1)c1ccccc1. The van der Waals surface area contributed by atoms with Crippen molar-refractivity contribution in [2.24, 2.45) is 0 Å². The number of aromatic nitrogens is 3. The molecule has 3 heterocycles. The summed E-state index contributed by atoms with van der Waals surface area (Å²) in [5.41, 5.74) is 6.99. The Kier molecular flexibility index (Phi) is 28.3. The van der Waals surface area contributed by atoms with E-state index >= 15 is 0 Å². The van der Waals surface area contributed by atoms with E-state index in [0.717, 1.165) is 17.0 Å². The van der Waals surface area contributed by atoms with Gasteiger partial charge in [0.1, 0.15) is 5.69 Å². The average Bonchev–Trinajstić information content (AvgIpc) is 3.41. The molecule has 0 atom stereocenters. The number of rotatable bonds is 24. The first-order valence-electron chi connectivity index (χ1n) is 26.3. The Bertz CT molecular complexity index is 2100.